The summed E-state index contributed by atoms with van der Waals surface area (Å²) < 4.78 is 14.7. The van der Waals surface area contributed by atoms with Crippen molar-refractivity contribution < 1.29 is 28.9 Å². The predicted molar refractivity (Wildman–Crippen MR) is 61.4 cm³/mol. The summed E-state index contributed by atoms with van der Waals surface area (Å²) in [6, 6.07) is 6.25. The van der Waals surface area contributed by atoms with Gasteiger partial charge < -0.3 is 19.3 Å². The zero-order chi connectivity index (χ0) is 13.4. The third-order valence-corrected chi connectivity index (χ3v) is 1.75. The van der Waals surface area contributed by atoms with Gasteiger partial charge in [-0.3, -0.25) is 0 Å². The number of hydrogen-bond donors (Lipinski definition) is 1. The topological polar surface area (TPSA) is 82.1 Å². The van der Waals surface area contributed by atoms with Gasteiger partial charge in [0.05, 0.1) is 0 Å². The molecule has 0 saturated carbocycles. The second-order valence-corrected chi connectivity index (χ2v) is 3.11. The lowest BCUT2D eigenvalue weighted by Crippen LogP contribution is -2.05. The minimum atomic E-state index is -1.21. The number of hydrogen-bond acceptors (Lipinski definition) is 5. The van der Waals surface area contributed by atoms with Gasteiger partial charge in [0.15, 0.2) is 6.79 Å². The lowest BCUT2D eigenvalue weighted by molar-refractivity contribution is -0.133. The molecule has 6 nitrogen and oxygen atoms in total. The molecule has 0 saturated heterocycles. The molecule has 1 N–H and O–H groups in total. The van der Waals surface area contributed by atoms with Gasteiger partial charge in [0.1, 0.15) is 11.5 Å². The summed E-state index contributed by atoms with van der Waals surface area (Å²) in [5.41, 5.74) is 0. The number of esters is 1. The summed E-state index contributed by atoms with van der Waals surface area (Å²) in [6.07, 6.45) is 1.54. The molecule has 0 bridgehead atoms. The molecule has 0 aliphatic heterocycles. The molecule has 1 rings (SSSR count). The SMILES string of the molecule is COCOc1ccc(OC(=O)/C=C\C(=O)O)cc1. The number of ether oxygens (including phenoxy) is 3. The lowest BCUT2D eigenvalue weighted by atomic mass is 10.3. The highest BCUT2D eigenvalue weighted by molar-refractivity contribution is 5.91. The van der Waals surface area contributed by atoms with E-state index in [9.17, 15) is 9.59 Å². The Labute approximate surface area is 103 Å². The van der Waals surface area contributed by atoms with Crippen LogP contribution in [0.1, 0.15) is 0 Å². The maximum Gasteiger partial charge on any atom is 0.336 e. The highest BCUT2D eigenvalue weighted by Crippen LogP contribution is 2.17. The minimum Gasteiger partial charge on any atom is -0.478 e. The molecule has 0 atom stereocenters. The van der Waals surface area contributed by atoms with Gasteiger partial charge in [-0.1, -0.05) is 0 Å². The Morgan fingerprint density at radius 2 is 1.78 bits per heavy atom. The molecule has 6 heteroatoms. The number of carbonyl (C=O) groups excluding carboxylic acids is 1. The molecule has 18 heavy (non-hydrogen) atoms. The van der Waals surface area contributed by atoms with Crippen molar-refractivity contribution in [1.29, 1.82) is 0 Å². The van der Waals surface area contributed by atoms with Crippen LogP contribution in [0.25, 0.3) is 0 Å². The quantitative estimate of drug-likeness (QED) is 0.355. The first kappa shape index (κ1) is 13.7. The standard InChI is InChI=1S/C12H12O6/c1-16-8-17-9-2-4-10(5-3-9)18-12(15)7-6-11(13)14/h2-7H,8H2,1H3,(H,13,14)/b7-6-. The van der Waals surface area contributed by atoms with E-state index in [1.165, 1.54) is 19.2 Å². The molecule has 1 aromatic carbocycles. The number of aliphatic carboxylic acids is 1. The number of methoxy groups -OCH3 is 1. The average molecular weight is 252 g/mol. The lowest BCUT2D eigenvalue weighted by Gasteiger charge is -2.05. The van der Waals surface area contributed by atoms with E-state index in [0.717, 1.165) is 6.08 Å². The van der Waals surface area contributed by atoms with E-state index in [4.69, 9.17) is 19.3 Å². The number of carboxylic acids is 1. The zero-order valence-corrected chi connectivity index (χ0v) is 9.66. The fourth-order valence-electron chi connectivity index (χ4n) is 1.02. The Kier molecular flexibility index (Phi) is 5.40. The fraction of sp³-hybridized carbons (Fsp3) is 0.167. The zero-order valence-electron chi connectivity index (χ0n) is 9.66. The van der Waals surface area contributed by atoms with E-state index >= 15 is 0 Å². The van der Waals surface area contributed by atoms with Crippen LogP contribution in [0.4, 0.5) is 0 Å². The molecule has 0 spiro atoms. The summed E-state index contributed by atoms with van der Waals surface area (Å²) >= 11 is 0. The van der Waals surface area contributed by atoms with Gasteiger partial charge in [-0.15, -0.1) is 0 Å². The van der Waals surface area contributed by atoms with Crippen LogP contribution in [0, 0.1) is 0 Å². The third kappa shape index (κ3) is 5.13. The maximum absolute atomic E-state index is 11.2. The van der Waals surface area contributed by atoms with Crippen LogP contribution >= 0.6 is 0 Å². The smallest absolute Gasteiger partial charge is 0.336 e. The molecule has 0 radical (unpaired) electrons. The summed E-state index contributed by atoms with van der Waals surface area (Å²) in [5.74, 6) is -1.12. The van der Waals surface area contributed by atoms with E-state index in [2.05, 4.69) is 0 Å². The Morgan fingerprint density at radius 1 is 1.17 bits per heavy atom. The monoisotopic (exact) mass is 252 g/mol. The van der Waals surface area contributed by atoms with E-state index in [1.807, 2.05) is 0 Å². The van der Waals surface area contributed by atoms with Crippen molar-refractivity contribution in [1.82, 2.24) is 0 Å². The highest BCUT2D eigenvalue weighted by atomic mass is 16.7. The third-order valence-electron chi connectivity index (χ3n) is 1.75. The van der Waals surface area contributed by atoms with Gasteiger partial charge in [0.2, 0.25) is 0 Å². The molecule has 0 heterocycles. The molecule has 1 aromatic rings. The fourth-order valence-corrected chi connectivity index (χ4v) is 1.02. The van der Waals surface area contributed by atoms with Crippen molar-refractivity contribution >= 4 is 11.9 Å². The summed E-state index contributed by atoms with van der Waals surface area (Å²) in [5, 5.41) is 8.32. The second-order valence-electron chi connectivity index (χ2n) is 3.11. The largest absolute Gasteiger partial charge is 0.478 e. The summed E-state index contributed by atoms with van der Waals surface area (Å²) in [6.45, 7) is 0.125. The van der Waals surface area contributed by atoms with Crippen LogP contribution in [0.3, 0.4) is 0 Å². The van der Waals surface area contributed by atoms with Gasteiger partial charge in [0, 0.05) is 19.3 Å². The molecular formula is C12H12O6. The Balaban J connectivity index is 2.53. The summed E-state index contributed by atoms with van der Waals surface area (Å²) in [7, 11) is 1.50. The Bertz CT molecular complexity index is 434. The van der Waals surface area contributed by atoms with Gasteiger partial charge in [-0.2, -0.15) is 0 Å². The molecule has 0 unspecified atom stereocenters. The van der Waals surface area contributed by atoms with Gasteiger partial charge in [-0.05, 0) is 24.3 Å². The first-order valence-electron chi connectivity index (χ1n) is 4.96. The molecule has 0 fully saturated rings. The van der Waals surface area contributed by atoms with Crippen molar-refractivity contribution in [3.8, 4) is 11.5 Å². The molecule has 0 aromatic heterocycles. The van der Waals surface area contributed by atoms with Crippen LogP contribution < -0.4 is 9.47 Å². The number of carbonyl (C=O) groups is 2. The van der Waals surface area contributed by atoms with Crippen LogP contribution in [0.5, 0.6) is 11.5 Å². The molecule has 0 aliphatic rings. The maximum atomic E-state index is 11.2. The van der Waals surface area contributed by atoms with Crippen molar-refractivity contribution in [2.75, 3.05) is 13.9 Å². The van der Waals surface area contributed by atoms with Crippen LogP contribution in [0.15, 0.2) is 36.4 Å². The minimum absolute atomic E-state index is 0.125. The first-order valence-corrected chi connectivity index (χ1v) is 4.96. The highest BCUT2D eigenvalue weighted by Gasteiger charge is 2.02. The van der Waals surface area contributed by atoms with Crippen LogP contribution in [-0.4, -0.2) is 30.9 Å². The van der Waals surface area contributed by atoms with Crippen LogP contribution in [0.2, 0.25) is 0 Å². The van der Waals surface area contributed by atoms with Crippen LogP contribution in [-0.2, 0) is 14.3 Å². The normalized spacial score (nSPS) is 10.3. The first-order chi connectivity index (χ1) is 8.61. The van der Waals surface area contributed by atoms with Crippen molar-refractivity contribution in [3.05, 3.63) is 36.4 Å². The number of benzene rings is 1. The average Bonchev–Trinajstić information content (AvgIpc) is 2.35. The van der Waals surface area contributed by atoms with E-state index in [0.29, 0.717) is 17.6 Å². The molecular weight excluding hydrogens is 240 g/mol. The number of carboxylic acid groups (broad SMARTS) is 1. The molecule has 96 valence electrons. The second kappa shape index (κ2) is 7.08. The predicted octanol–water partition coefficient (Wildman–Crippen LogP) is 1.22. The summed E-state index contributed by atoms with van der Waals surface area (Å²) in [4.78, 5) is 21.3. The Morgan fingerprint density at radius 3 is 2.33 bits per heavy atom. The van der Waals surface area contributed by atoms with E-state index in [-0.39, 0.29) is 6.79 Å². The molecule has 0 amide bonds. The van der Waals surface area contributed by atoms with Crippen molar-refractivity contribution in [3.63, 3.8) is 0 Å². The van der Waals surface area contributed by atoms with Gasteiger partial charge >= 0.3 is 11.9 Å². The van der Waals surface area contributed by atoms with Crippen molar-refractivity contribution in [2.45, 2.75) is 0 Å². The van der Waals surface area contributed by atoms with E-state index in [1.54, 1.807) is 12.1 Å². The van der Waals surface area contributed by atoms with Gasteiger partial charge in [-0.25, -0.2) is 9.59 Å². The number of rotatable bonds is 6. The molecule has 0 aliphatic carbocycles. The van der Waals surface area contributed by atoms with Gasteiger partial charge in [0.25, 0.3) is 0 Å². The Hall–Kier alpha value is -2.34. The van der Waals surface area contributed by atoms with Crippen molar-refractivity contribution in [2.24, 2.45) is 0 Å². The van der Waals surface area contributed by atoms with E-state index < -0.39 is 11.9 Å².